The molecule has 6 heteroatoms. The number of halogens is 1. The fourth-order valence-electron chi connectivity index (χ4n) is 4.05. The Kier molecular flexibility index (Phi) is 3.93. The molecule has 5 aromatic rings. The number of nitrogens with zero attached hydrogens (tertiary/aromatic N) is 5. The Labute approximate surface area is 179 Å². The minimum atomic E-state index is 0.647. The molecule has 0 amide bonds. The van der Waals surface area contributed by atoms with E-state index in [9.17, 15) is 0 Å². The Balaban J connectivity index is 1.41. The van der Waals surface area contributed by atoms with Gasteiger partial charge in [0.05, 0.1) is 22.4 Å². The lowest BCUT2D eigenvalue weighted by Crippen LogP contribution is -1.97. The Bertz CT molecular complexity index is 1390. The summed E-state index contributed by atoms with van der Waals surface area (Å²) in [7, 11) is 0. The molecule has 1 fully saturated rings. The first-order valence-corrected chi connectivity index (χ1v) is 10.6. The second-order valence-corrected chi connectivity index (χ2v) is 8.50. The van der Waals surface area contributed by atoms with Crippen LogP contribution >= 0.6 is 11.6 Å². The number of rotatable bonds is 4. The molecule has 0 aliphatic heterocycles. The standard InChI is InChI=1S/C24H20ClN5/c1-15-2-6-19(14-26-15)29-10-8-18-13-17(5-7-21(18)29)20-9-11-30-22(12-16-3-4-16)27-28-24(30)23(20)25/h2,5-11,13-14,16H,3-4,12H2,1H3. The maximum absolute atomic E-state index is 6.77. The van der Waals surface area contributed by atoms with Crippen LogP contribution in [0.2, 0.25) is 5.02 Å². The van der Waals surface area contributed by atoms with Crippen molar-refractivity contribution in [3.63, 3.8) is 0 Å². The van der Waals surface area contributed by atoms with Gasteiger partial charge in [-0.2, -0.15) is 0 Å². The van der Waals surface area contributed by atoms with Crippen molar-refractivity contribution in [3.8, 4) is 16.8 Å². The number of fused-ring (bicyclic) bond motifs is 2. The van der Waals surface area contributed by atoms with Gasteiger partial charge >= 0.3 is 0 Å². The van der Waals surface area contributed by atoms with Gasteiger partial charge in [0, 0.05) is 35.5 Å². The van der Waals surface area contributed by atoms with Gasteiger partial charge in [-0.25, -0.2) is 0 Å². The average Bonchev–Trinajstić information content (AvgIpc) is 3.33. The van der Waals surface area contributed by atoms with Crippen LogP contribution in [0.1, 0.15) is 24.4 Å². The molecule has 0 spiro atoms. The van der Waals surface area contributed by atoms with Crippen molar-refractivity contribution in [3.05, 3.63) is 77.6 Å². The van der Waals surface area contributed by atoms with Gasteiger partial charge in [0.25, 0.3) is 0 Å². The number of aryl methyl sites for hydroxylation is 1. The fraction of sp³-hybridized carbons (Fsp3) is 0.208. The summed E-state index contributed by atoms with van der Waals surface area (Å²) in [5.74, 6) is 1.76. The van der Waals surface area contributed by atoms with Gasteiger partial charge in [0.1, 0.15) is 5.82 Å². The Hall–Kier alpha value is -3.18. The predicted octanol–water partition coefficient (Wildman–Crippen LogP) is 5.65. The van der Waals surface area contributed by atoms with Gasteiger partial charge in [0.15, 0.2) is 5.65 Å². The van der Waals surface area contributed by atoms with Crippen molar-refractivity contribution < 1.29 is 0 Å². The minimum Gasteiger partial charge on any atom is -0.315 e. The maximum atomic E-state index is 6.77. The third kappa shape index (κ3) is 2.89. The molecule has 4 heterocycles. The van der Waals surface area contributed by atoms with Crippen LogP contribution in [0, 0.1) is 12.8 Å². The van der Waals surface area contributed by atoms with E-state index in [1.807, 2.05) is 29.8 Å². The Morgan fingerprint density at radius 3 is 2.73 bits per heavy atom. The number of benzene rings is 1. The first kappa shape index (κ1) is 17.7. The van der Waals surface area contributed by atoms with Crippen LogP contribution in [0.5, 0.6) is 0 Å². The van der Waals surface area contributed by atoms with Gasteiger partial charge in [-0.15, -0.1) is 10.2 Å². The van der Waals surface area contributed by atoms with Gasteiger partial charge in [-0.1, -0.05) is 17.7 Å². The highest BCUT2D eigenvalue weighted by Gasteiger charge is 2.24. The van der Waals surface area contributed by atoms with Crippen LogP contribution in [0.4, 0.5) is 0 Å². The summed E-state index contributed by atoms with van der Waals surface area (Å²) < 4.78 is 4.18. The number of hydrogen-bond donors (Lipinski definition) is 0. The largest absolute Gasteiger partial charge is 0.315 e. The van der Waals surface area contributed by atoms with Gasteiger partial charge in [0.2, 0.25) is 0 Å². The highest BCUT2D eigenvalue weighted by atomic mass is 35.5. The zero-order chi connectivity index (χ0) is 20.2. The lowest BCUT2D eigenvalue weighted by atomic mass is 10.0. The first-order valence-electron chi connectivity index (χ1n) is 10.2. The second-order valence-electron chi connectivity index (χ2n) is 8.12. The first-order chi connectivity index (χ1) is 14.7. The van der Waals surface area contributed by atoms with Crippen LogP contribution in [0.25, 0.3) is 33.4 Å². The van der Waals surface area contributed by atoms with Crippen molar-refractivity contribution in [1.29, 1.82) is 0 Å². The molecule has 4 aromatic heterocycles. The summed E-state index contributed by atoms with van der Waals surface area (Å²) in [6.07, 6.45) is 9.58. The summed E-state index contributed by atoms with van der Waals surface area (Å²) in [6.45, 7) is 1.99. The number of hydrogen-bond acceptors (Lipinski definition) is 3. The van der Waals surface area contributed by atoms with E-state index in [1.165, 1.54) is 12.8 Å². The predicted molar refractivity (Wildman–Crippen MR) is 119 cm³/mol. The third-order valence-corrected chi connectivity index (χ3v) is 6.31. The van der Waals surface area contributed by atoms with Crippen LogP contribution < -0.4 is 0 Å². The minimum absolute atomic E-state index is 0.647. The molecular weight excluding hydrogens is 394 g/mol. The highest BCUT2D eigenvalue weighted by molar-refractivity contribution is 6.36. The van der Waals surface area contributed by atoms with Crippen LogP contribution in [-0.2, 0) is 6.42 Å². The summed E-state index contributed by atoms with van der Waals surface area (Å²) in [5, 5.41) is 10.6. The third-order valence-electron chi connectivity index (χ3n) is 5.93. The van der Waals surface area contributed by atoms with E-state index in [1.54, 1.807) is 0 Å². The molecule has 0 N–H and O–H groups in total. The molecule has 5 nitrogen and oxygen atoms in total. The highest BCUT2D eigenvalue weighted by Crippen LogP contribution is 2.35. The molecule has 0 atom stereocenters. The number of pyridine rings is 2. The van der Waals surface area contributed by atoms with Crippen molar-refractivity contribution in [2.24, 2.45) is 5.92 Å². The maximum Gasteiger partial charge on any atom is 0.180 e. The SMILES string of the molecule is Cc1ccc(-n2ccc3cc(-c4ccn5c(CC6CC6)nnc5c4Cl)ccc32)cn1. The van der Waals surface area contributed by atoms with Crippen molar-refractivity contribution in [1.82, 2.24) is 24.1 Å². The average molecular weight is 414 g/mol. The smallest absolute Gasteiger partial charge is 0.180 e. The van der Waals surface area contributed by atoms with E-state index in [2.05, 4.69) is 62.3 Å². The molecule has 1 aliphatic carbocycles. The topological polar surface area (TPSA) is 48.0 Å². The zero-order valence-corrected chi connectivity index (χ0v) is 17.3. The summed E-state index contributed by atoms with van der Waals surface area (Å²) in [6, 6.07) is 14.7. The van der Waals surface area contributed by atoms with Gasteiger partial charge in [-0.3, -0.25) is 9.38 Å². The van der Waals surface area contributed by atoms with Crippen molar-refractivity contribution in [2.75, 3.05) is 0 Å². The molecule has 0 bridgehead atoms. The van der Waals surface area contributed by atoms with Crippen LogP contribution in [0.3, 0.4) is 0 Å². The van der Waals surface area contributed by atoms with E-state index in [0.29, 0.717) is 5.02 Å². The molecule has 1 aliphatic rings. The van der Waals surface area contributed by atoms with Crippen LogP contribution in [0.15, 0.2) is 61.1 Å². The van der Waals surface area contributed by atoms with Crippen molar-refractivity contribution in [2.45, 2.75) is 26.2 Å². The quantitative estimate of drug-likeness (QED) is 0.382. The Morgan fingerprint density at radius 2 is 1.93 bits per heavy atom. The molecule has 6 rings (SSSR count). The second kappa shape index (κ2) is 6.67. The van der Waals surface area contributed by atoms with E-state index in [-0.39, 0.29) is 0 Å². The fourth-order valence-corrected chi connectivity index (χ4v) is 4.35. The molecule has 1 saturated carbocycles. The van der Waals surface area contributed by atoms with Gasteiger partial charge < -0.3 is 4.57 Å². The number of aromatic nitrogens is 5. The van der Waals surface area contributed by atoms with E-state index in [0.717, 1.165) is 57.2 Å². The lowest BCUT2D eigenvalue weighted by Gasteiger charge is -2.09. The summed E-state index contributed by atoms with van der Waals surface area (Å²) in [5.41, 5.74) is 5.97. The molecule has 0 saturated heterocycles. The summed E-state index contributed by atoms with van der Waals surface area (Å²) in [4.78, 5) is 4.42. The molecule has 0 radical (unpaired) electrons. The van der Waals surface area contributed by atoms with Gasteiger partial charge in [-0.05, 0) is 67.6 Å². The molecule has 148 valence electrons. The molecule has 1 aromatic carbocycles. The van der Waals surface area contributed by atoms with E-state index in [4.69, 9.17) is 11.6 Å². The zero-order valence-electron chi connectivity index (χ0n) is 16.6. The molecular formula is C24H20ClN5. The monoisotopic (exact) mass is 413 g/mol. The Morgan fingerprint density at radius 1 is 1.03 bits per heavy atom. The lowest BCUT2D eigenvalue weighted by molar-refractivity contribution is 0.758. The molecule has 30 heavy (non-hydrogen) atoms. The van der Waals surface area contributed by atoms with E-state index < -0.39 is 0 Å². The normalized spacial score (nSPS) is 14.1. The van der Waals surface area contributed by atoms with Crippen LogP contribution in [-0.4, -0.2) is 24.1 Å². The summed E-state index contributed by atoms with van der Waals surface area (Å²) >= 11 is 6.77. The molecule has 0 unspecified atom stereocenters. The van der Waals surface area contributed by atoms with Crippen molar-refractivity contribution >= 4 is 28.2 Å². The van der Waals surface area contributed by atoms with E-state index >= 15 is 0 Å².